The molecule has 0 aromatic carbocycles. The van der Waals surface area contributed by atoms with Gasteiger partial charge in [-0.15, -0.1) is 11.3 Å². The highest BCUT2D eigenvalue weighted by atomic mass is 32.1. The molecule has 0 N–H and O–H groups in total. The number of hydrazone groups is 1. The number of thiophene rings is 1. The Bertz CT molecular complexity index is 669. The van der Waals surface area contributed by atoms with Crippen molar-refractivity contribution in [3.05, 3.63) is 41.1 Å². The van der Waals surface area contributed by atoms with Gasteiger partial charge >= 0.3 is 0 Å². The van der Waals surface area contributed by atoms with Crippen LogP contribution in [0.5, 0.6) is 0 Å². The number of carbonyl (C=O) groups is 1. The third-order valence-corrected chi connectivity index (χ3v) is 3.97. The Labute approximate surface area is 120 Å². The van der Waals surface area contributed by atoms with Gasteiger partial charge < -0.3 is 4.57 Å². The van der Waals surface area contributed by atoms with Crippen LogP contribution in [0.15, 0.2) is 41.3 Å². The van der Waals surface area contributed by atoms with E-state index in [0.717, 1.165) is 16.3 Å². The second-order valence-corrected chi connectivity index (χ2v) is 5.46. The highest BCUT2D eigenvalue weighted by Crippen LogP contribution is 2.20. The largest absolute Gasteiger partial charge is 0.305 e. The van der Waals surface area contributed by atoms with Gasteiger partial charge in [0.1, 0.15) is 0 Å². The second-order valence-electron chi connectivity index (χ2n) is 4.52. The minimum Gasteiger partial charge on any atom is -0.305 e. The smallest absolute Gasteiger partial charge is 0.242 e. The van der Waals surface area contributed by atoms with Gasteiger partial charge in [0.05, 0.1) is 17.7 Å². The predicted octanol–water partition coefficient (Wildman–Crippen LogP) is 2.56. The Kier molecular flexibility index (Phi) is 3.47. The van der Waals surface area contributed by atoms with Crippen LogP contribution in [0.4, 0.5) is 0 Å². The average molecular weight is 286 g/mol. The number of hydrogen-bond donors (Lipinski definition) is 0. The van der Waals surface area contributed by atoms with Crippen molar-refractivity contribution in [1.29, 1.82) is 0 Å². The monoisotopic (exact) mass is 286 g/mol. The molecule has 2 aromatic heterocycles. The van der Waals surface area contributed by atoms with Crippen LogP contribution in [0.25, 0.3) is 11.8 Å². The fraction of sp³-hybridized carbons (Fsp3) is 0.214. The molecule has 1 aliphatic heterocycles. The van der Waals surface area contributed by atoms with Crippen molar-refractivity contribution in [1.82, 2.24) is 14.6 Å². The highest BCUT2D eigenvalue weighted by molar-refractivity contribution is 7.11. The van der Waals surface area contributed by atoms with Crippen molar-refractivity contribution in [3.8, 4) is 5.69 Å². The molecule has 1 aliphatic rings. The van der Waals surface area contributed by atoms with Crippen molar-refractivity contribution in [3.63, 3.8) is 0 Å². The summed E-state index contributed by atoms with van der Waals surface area (Å²) >= 11 is 1.67. The van der Waals surface area contributed by atoms with E-state index in [1.165, 1.54) is 5.01 Å². The van der Waals surface area contributed by atoms with Gasteiger partial charge in [-0.2, -0.15) is 5.10 Å². The number of rotatable bonds is 3. The Morgan fingerprint density at radius 3 is 3.00 bits per heavy atom. The number of amides is 1. The SMILES string of the molecule is CN1N=C(/C=C/c2cc(-n3ccnc3)cs2)CCC1=O. The van der Waals surface area contributed by atoms with Crippen LogP contribution in [0.2, 0.25) is 0 Å². The molecule has 3 heterocycles. The van der Waals surface area contributed by atoms with Crippen LogP contribution >= 0.6 is 11.3 Å². The zero-order valence-electron chi connectivity index (χ0n) is 11.1. The molecule has 0 saturated carbocycles. The van der Waals surface area contributed by atoms with Gasteiger partial charge in [-0.25, -0.2) is 9.99 Å². The fourth-order valence-electron chi connectivity index (χ4n) is 1.97. The number of hydrogen-bond acceptors (Lipinski definition) is 4. The molecule has 2 aromatic rings. The zero-order valence-corrected chi connectivity index (χ0v) is 11.9. The minimum absolute atomic E-state index is 0.0701. The highest BCUT2D eigenvalue weighted by Gasteiger charge is 2.14. The van der Waals surface area contributed by atoms with Gasteiger partial charge in [-0.1, -0.05) is 0 Å². The maximum Gasteiger partial charge on any atom is 0.242 e. The summed E-state index contributed by atoms with van der Waals surface area (Å²) in [6.45, 7) is 0. The summed E-state index contributed by atoms with van der Waals surface area (Å²) < 4.78 is 1.97. The Morgan fingerprint density at radius 2 is 2.25 bits per heavy atom. The molecule has 0 aliphatic carbocycles. The van der Waals surface area contributed by atoms with Gasteiger partial charge in [0, 0.05) is 42.5 Å². The summed E-state index contributed by atoms with van der Waals surface area (Å²) in [5.74, 6) is 0.0701. The lowest BCUT2D eigenvalue weighted by Gasteiger charge is -2.17. The number of imidazole rings is 1. The summed E-state index contributed by atoms with van der Waals surface area (Å²) in [5.41, 5.74) is 2.04. The molecule has 102 valence electrons. The first-order chi connectivity index (χ1) is 9.72. The normalized spacial score (nSPS) is 15.9. The maximum atomic E-state index is 11.3. The summed E-state index contributed by atoms with van der Waals surface area (Å²) in [5, 5.41) is 7.73. The average Bonchev–Trinajstić information content (AvgIpc) is 3.09. The van der Waals surface area contributed by atoms with Crippen LogP contribution in [-0.4, -0.2) is 33.2 Å². The van der Waals surface area contributed by atoms with E-state index in [4.69, 9.17) is 0 Å². The molecule has 20 heavy (non-hydrogen) atoms. The first kappa shape index (κ1) is 12.8. The summed E-state index contributed by atoms with van der Waals surface area (Å²) in [7, 11) is 1.69. The molecule has 1 amide bonds. The van der Waals surface area contributed by atoms with Crippen LogP contribution in [-0.2, 0) is 4.79 Å². The van der Waals surface area contributed by atoms with Crippen molar-refractivity contribution in [2.24, 2.45) is 5.10 Å². The molecule has 6 heteroatoms. The molecule has 3 rings (SSSR count). The van der Waals surface area contributed by atoms with Crippen LogP contribution < -0.4 is 0 Å². The molecule has 0 atom stereocenters. The fourth-order valence-corrected chi connectivity index (χ4v) is 2.75. The quantitative estimate of drug-likeness (QED) is 0.870. The van der Waals surface area contributed by atoms with Gasteiger partial charge in [0.15, 0.2) is 0 Å². The molecule has 0 spiro atoms. The third-order valence-electron chi connectivity index (χ3n) is 3.08. The predicted molar refractivity (Wildman–Crippen MR) is 79.9 cm³/mol. The zero-order chi connectivity index (χ0) is 13.9. The minimum atomic E-state index is 0.0701. The molecular weight excluding hydrogens is 272 g/mol. The first-order valence-corrected chi connectivity index (χ1v) is 7.19. The van der Waals surface area contributed by atoms with E-state index in [9.17, 15) is 4.79 Å². The Hall–Kier alpha value is -2.21. The summed E-state index contributed by atoms with van der Waals surface area (Å²) in [6.07, 6.45) is 10.7. The lowest BCUT2D eigenvalue weighted by molar-refractivity contribution is -0.130. The van der Waals surface area contributed by atoms with Crippen molar-refractivity contribution in [2.75, 3.05) is 7.05 Å². The van der Waals surface area contributed by atoms with Gasteiger partial charge in [0.25, 0.3) is 0 Å². The molecule has 5 nitrogen and oxygen atoms in total. The topological polar surface area (TPSA) is 50.5 Å². The van der Waals surface area contributed by atoms with Crippen molar-refractivity contribution in [2.45, 2.75) is 12.8 Å². The van der Waals surface area contributed by atoms with E-state index in [-0.39, 0.29) is 5.91 Å². The van der Waals surface area contributed by atoms with Crippen LogP contribution in [0, 0.1) is 0 Å². The van der Waals surface area contributed by atoms with E-state index < -0.39 is 0 Å². The summed E-state index contributed by atoms with van der Waals surface area (Å²) in [6, 6.07) is 2.10. The molecular formula is C14H14N4OS. The second kappa shape index (κ2) is 5.42. The molecule has 0 bridgehead atoms. The molecule has 0 unspecified atom stereocenters. The molecule has 0 fully saturated rings. The van der Waals surface area contributed by atoms with E-state index in [1.807, 2.05) is 22.9 Å². The van der Waals surface area contributed by atoms with Gasteiger partial charge in [0.2, 0.25) is 5.91 Å². The third kappa shape index (κ3) is 2.70. The van der Waals surface area contributed by atoms with Gasteiger partial charge in [-0.05, 0) is 18.2 Å². The van der Waals surface area contributed by atoms with E-state index in [2.05, 4.69) is 21.5 Å². The number of carbonyl (C=O) groups excluding carboxylic acids is 1. The Balaban J connectivity index is 1.74. The standard InChI is InChI=1S/C14H14N4OS/c1-17-14(19)5-3-11(16-17)2-4-13-8-12(9-20-13)18-7-6-15-10-18/h2,4,6-10H,3,5H2,1H3/b4-2+. The van der Waals surface area contributed by atoms with Gasteiger partial charge in [-0.3, -0.25) is 4.79 Å². The Morgan fingerprint density at radius 1 is 1.35 bits per heavy atom. The number of aromatic nitrogens is 2. The lowest BCUT2D eigenvalue weighted by Crippen LogP contribution is -2.27. The van der Waals surface area contributed by atoms with Crippen molar-refractivity contribution >= 4 is 29.0 Å². The maximum absolute atomic E-state index is 11.3. The van der Waals surface area contributed by atoms with E-state index >= 15 is 0 Å². The number of nitrogens with zero attached hydrogens (tertiary/aromatic N) is 4. The van der Waals surface area contributed by atoms with Crippen LogP contribution in [0.1, 0.15) is 17.7 Å². The van der Waals surface area contributed by atoms with Crippen LogP contribution in [0.3, 0.4) is 0 Å². The molecule has 0 saturated heterocycles. The number of allylic oxidation sites excluding steroid dienone is 1. The van der Waals surface area contributed by atoms with E-state index in [0.29, 0.717) is 12.8 Å². The molecule has 0 radical (unpaired) electrons. The first-order valence-electron chi connectivity index (χ1n) is 6.31. The van der Waals surface area contributed by atoms with Crippen molar-refractivity contribution < 1.29 is 4.79 Å². The van der Waals surface area contributed by atoms with E-state index in [1.54, 1.807) is 30.9 Å². The summed E-state index contributed by atoms with van der Waals surface area (Å²) in [4.78, 5) is 16.5. The lowest BCUT2D eigenvalue weighted by atomic mass is 10.1.